The fourth-order valence-corrected chi connectivity index (χ4v) is 2.51. The molecule has 0 bridgehead atoms. The van der Waals surface area contributed by atoms with E-state index in [1.165, 1.54) is 0 Å². The lowest BCUT2D eigenvalue weighted by Gasteiger charge is -2.17. The van der Waals surface area contributed by atoms with Gasteiger partial charge >= 0.3 is 0 Å². The second-order valence-corrected chi connectivity index (χ2v) is 5.82. The van der Waals surface area contributed by atoms with Crippen LogP contribution in [0, 0.1) is 0 Å². The lowest BCUT2D eigenvalue weighted by molar-refractivity contribution is 0.0946. The van der Waals surface area contributed by atoms with Gasteiger partial charge in [-0.3, -0.25) is 4.79 Å². The number of benzene rings is 2. The number of rotatable bonds is 5. The van der Waals surface area contributed by atoms with Gasteiger partial charge in [-0.15, -0.1) is 0 Å². The predicted octanol–water partition coefficient (Wildman–Crippen LogP) is 3.83. The summed E-state index contributed by atoms with van der Waals surface area (Å²) in [7, 11) is 1.86. The number of nitrogens with zero attached hydrogens (tertiary/aromatic N) is 3. The molecule has 0 aliphatic rings. The summed E-state index contributed by atoms with van der Waals surface area (Å²) in [6.45, 7) is 0.340. The number of nitrogens with one attached hydrogen (secondary N) is 1. The van der Waals surface area contributed by atoms with Crippen LogP contribution >= 0.6 is 11.6 Å². The average molecular weight is 353 g/mol. The quantitative estimate of drug-likeness (QED) is 0.758. The molecule has 3 aromatic rings. The van der Waals surface area contributed by atoms with E-state index in [9.17, 15) is 4.79 Å². The van der Waals surface area contributed by atoms with E-state index in [4.69, 9.17) is 11.6 Å². The Morgan fingerprint density at radius 3 is 2.56 bits per heavy atom. The third-order valence-corrected chi connectivity index (χ3v) is 4.08. The Bertz CT molecular complexity index is 870. The molecule has 0 aliphatic carbocycles. The van der Waals surface area contributed by atoms with Crippen LogP contribution in [0.25, 0.3) is 0 Å². The summed E-state index contributed by atoms with van der Waals surface area (Å²) in [4.78, 5) is 22.8. The van der Waals surface area contributed by atoms with Gasteiger partial charge in [0.1, 0.15) is 5.69 Å². The molecule has 1 aromatic heterocycles. The molecule has 0 spiro atoms. The average Bonchev–Trinajstić information content (AvgIpc) is 2.67. The van der Waals surface area contributed by atoms with Crippen molar-refractivity contribution in [3.05, 3.63) is 83.1 Å². The summed E-state index contributed by atoms with van der Waals surface area (Å²) in [5.74, 6) is 0.182. The van der Waals surface area contributed by atoms with Gasteiger partial charge in [0.15, 0.2) is 0 Å². The third-order valence-electron chi connectivity index (χ3n) is 3.72. The van der Waals surface area contributed by atoms with Crippen LogP contribution in [0.1, 0.15) is 16.1 Å². The number of para-hydroxylation sites is 1. The van der Waals surface area contributed by atoms with Gasteiger partial charge in [0.05, 0.1) is 0 Å². The van der Waals surface area contributed by atoms with Crippen molar-refractivity contribution in [2.45, 2.75) is 6.54 Å². The molecular weight excluding hydrogens is 336 g/mol. The molecule has 0 aliphatic heterocycles. The molecule has 3 rings (SSSR count). The first-order chi connectivity index (χ1) is 12.1. The smallest absolute Gasteiger partial charge is 0.270 e. The Kier molecular flexibility index (Phi) is 5.26. The fraction of sp³-hybridized carbons (Fsp3) is 0.105. The first-order valence-corrected chi connectivity index (χ1v) is 8.16. The highest BCUT2D eigenvalue weighted by Gasteiger charge is 2.12. The molecule has 0 saturated carbocycles. The molecule has 126 valence electrons. The summed E-state index contributed by atoms with van der Waals surface area (Å²) in [6, 6.07) is 18.7. The van der Waals surface area contributed by atoms with E-state index in [2.05, 4.69) is 15.3 Å². The van der Waals surface area contributed by atoms with Crippen LogP contribution in [0.4, 0.5) is 11.6 Å². The van der Waals surface area contributed by atoms with Crippen molar-refractivity contribution in [3.8, 4) is 0 Å². The van der Waals surface area contributed by atoms with Crippen molar-refractivity contribution in [1.29, 1.82) is 0 Å². The summed E-state index contributed by atoms with van der Waals surface area (Å²) < 4.78 is 0. The maximum atomic E-state index is 12.4. The minimum absolute atomic E-state index is 0.273. The fourth-order valence-electron chi connectivity index (χ4n) is 2.31. The van der Waals surface area contributed by atoms with Crippen LogP contribution in [0.5, 0.6) is 0 Å². The van der Waals surface area contributed by atoms with Gasteiger partial charge in [0.25, 0.3) is 5.91 Å². The molecule has 0 fully saturated rings. The summed E-state index contributed by atoms with van der Waals surface area (Å²) in [6.07, 6.45) is 1.58. The number of halogens is 1. The van der Waals surface area contributed by atoms with E-state index in [1.807, 2.05) is 60.5 Å². The first-order valence-electron chi connectivity index (χ1n) is 7.78. The van der Waals surface area contributed by atoms with Gasteiger partial charge in [-0.25, -0.2) is 9.97 Å². The van der Waals surface area contributed by atoms with Gasteiger partial charge in [-0.05, 0) is 29.8 Å². The predicted molar refractivity (Wildman–Crippen MR) is 99.2 cm³/mol. The number of amides is 1. The van der Waals surface area contributed by atoms with Crippen LogP contribution in [-0.4, -0.2) is 22.9 Å². The third kappa shape index (κ3) is 4.14. The molecule has 1 amide bonds. The Morgan fingerprint density at radius 2 is 1.80 bits per heavy atom. The minimum Gasteiger partial charge on any atom is -0.347 e. The van der Waals surface area contributed by atoms with Crippen molar-refractivity contribution in [2.24, 2.45) is 0 Å². The molecule has 2 aromatic carbocycles. The van der Waals surface area contributed by atoms with E-state index in [1.54, 1.807) is 18.3 Å². The largest absolute Gasteiger partial charge is 0.347 e. The Morgan fingerprint density at radius 1 is 1.08 bits per heavy atom. The van der Waals surface area contributed by atoms with E-state index in [0.29, 0.717) is 23.2 Å². The lowest BCUT2D eigenvalue weighted by Crippen LogP contribution is -2.25. The molecule has 0 radical (unpaired) electrons. The molecular formula is C19H17ClN4O. The number of carbonyl (C=O) groups excluding carboxylic acids is 1. The molecule has 5 nitrogen and oxygen atoms in total. The zero-order chi connectivity index (χ0) is 17.6. The number of carbonyl (C=O) groups is 1. The van der Waals surface area contributed by atoms with Gasteiger partial charge in [0, 0.05) is 30.5 Å². The number of hydrogen-bond donors (Lipinski definition) is 1. The zero-order valence-corrected chi connectivity index (χ0v) is 14.4. The van der Waals surface area contributed by atoms with Gasteiger partial charge in [-0.2, -0.15) is 0 Å². The first kappa shape index (κ1) is 16.9. The van der Waals surface area contributed by atoms with E-state index in [0.717, 1.165) is 11.3 Å². The molecule has 0 atom stereocenters. The standard InChI is InChI=1S/C19H17ClN4O/c1-24(15-8-3-2-4-9-15)19-21-12-11-17(23-19)18(25)22-13-14-7-5-6-10-16(14)20/h2-12H,13H2,1H3,(H,22,25). The van der Waals surface area contributed by atoms with Crippen LogP contribution in [-0.2, 0) is 6.54 Å². The highest BCUT2D eigenvalue weighted by molar-refractivity contribution is 6.31. The summed E-state index contributed by atoms with van der Waals surface area (Å²) in [5.41, 5.74) is 2.10. The number of aromatic nitrogens is 2. The van der Waals surface area contributed by atoms with Gasteiger partial charge in [0.2, 0.25) is 5.95 Å². The molecule has 0 unspecified atom stereocenters. The monoisotopic (exact) mass is 352 g/mol. The minimum atomic E-state index is -0.273. The van der Waals surface area contributed by atoms with Crippen LogP contribution in [0.2, 0.25) is 5.02 Å². The van der Waals surface area contributed by atoms with Crippen LogP contribution in [0.3, 0.4) is 0 Å². The van der Waals surface area contributed by atoms with E-state index < -0.39 is 0 Å². The molecule has 0 saturated heterocycles. The normalized spacial score (nSPS) is 10.3. The van der Waals surface area contributed by atoms with E-state index in [-0.39, 0.29) is 5.91 Å². The maximum absolute atomic E-state index is 12.4. The van der Waals surface area contributed by atoms with Gasteiger partial charge in [-0.1, -0.05) is 48.0 Å². The topological polar surface area (TPSA) is 58.1 Å². The lowest BCUT2D eigenvalue weighted by atomic mass is 10.2. The Balaban J connectivity index is 1.72. The Hall–Kier alpha value is -2.92. The van der Waals surface area contributed by atoms with Crippen molar-refractivity contribution in [2.75, 3.05) is 11.9 Å². The van der Waals surface area contributed by atoms with Crippen LogP contribution < -0.4 is 10.2 Å². The molecule has 6 heteroatoms. The second kappa shape index (κ2) is 7.77. The molecule has 25 heavy (non-hydrogen) atoms. The maximum Gasteiger partial charge on any atom is 0.270 e. The summed E-state index contributed by atoms with van der Waals surface area (Å²) >= 11 is 6.10. The van der Waals surface area contributed by atoms with Crippen molar-refractivity contribution < 1.29 is 4.79 Å². The molecule has 1 N–H and O–H groups in total. The highest BCUT2D eigenvalue weighted by atomic mass is 35.5. The van der Waals surface area contributed by atoms with Crippen molar-refractivity contribution in [1.82, 2.24) is 15.3 Å². The van der Waals surface area contributed by atoms with E-state index >= 15 is 0 Å². The molecule has 1 heterocycles. The Labute approximate surface area is 151 Å². The van der Waals surface area contributed by atoms with Crippen molar-refractivity contribution >= 4 is 29.1 Å². The van der Waals surface area contributed by atoms with Crippen molar-refractivity contribution in [3.63, 3.8) is 0 Å². The number of anilines is 2. The zero-order valence-electron chi connectivity index (χ0n) is 13.7. The highest BCUT2D eigenvalue weighted by Crippen LogP contribution is 2.19. The SMILES string of the molecule is CN(c1ccccc1)c1nccc(C(=O)NCc2ccccc2Cl)n1. The van der Waals surface area contributed by atoms with Crippen LogP contribution in [0.15, 0.2) is 66.9 Å². The second-order valence-electron chi connectivity index (χ2n) is 5.41. The number of hydrogen-bond acceptors (Lipinski definition) is 4. The van der Waals surface area contributed by atoms with Gasteiger partial charge < -0.3 is 10.2 Å². The summed E-state index contributed by atoms with van der Waals surface area (Å²) in [5, 5.41) is 3.45.